The van der Waals surface area contributed by atoms with Crippen LogP contribution in [0, 0.1) is 0 Å². The van der Waals surface area contributed by atoms with Gasteiger partial charge in [0.2, 0.25) is 5.91 Å². The molecule has 2 N–H and O–H groups in total. The summed E-state index contributed by atoms with van der Waals surface area (Å²) in [5.74, 6) is 0.320. The summed E-state index contributed by atoms with van der Waals surface area (Å²) in [6, 6.07) is 5.11. The van der Waals surface area contributed by atoms with Crippen molar-refractivity contribution in [3.63, 3.8) is 0 Å². The van der Waals surface area contributed by atoms with Gasteiger partial charge in [-0.1, -0.05) is 13.3 Å². The van der Waals surface area contributed by atoms with Crippen LogP contribution in [0.25, 0.3) is 0 Å². The molecule has 0 bridgehead atoms. The Bertz CT molecular complexity index is 531. The standard InChI is InChI=1S/C16H25N3O3/c1-6-7-11(2)19(4)16(21)18-13-8-9-14(17-12(3)20)15(10-13)22-5/h8-11H,6-7H2,1-5H3,(H,17,20)(H,18,21). The number of nitrogens with one attached hydrogen (secondary N) is 2. The van der Waals surface area contributed by atoms with Crippen LogP contribution in [0.15, 0.2) is 18.2 Å². The highest BCUT2D eigenvalue weighted by Gasteiger charge is 2.15. The molecule has 0 aliphatic carbocycles. The Labute approximate surface area is 131 Å². The highest BCUT2D eigenvalue weighted by Crippen LogP contribution is 2.28. The van der Waals surface area contributed by atoms with E-state index in [0.717, 1.165) is 12.8 Å². The lowest BCUT2D eigenvalue weighted by Crippen LogP contribution is -2.38. The molecule has 6 heteroatoms. The van der Waals surface area contributed by atoms with E-state index in [-0.39, 0.29) is 18.0 Å². The number of benzene rings is 1. The summed E-state index contributed by atoms with van der Waals surface area (Å²) < 4.78 is 5.24. The number of hydrogen-bond donors (Lipinski definition) is 2. The maximum atomic E-state index is 12.2. The average Bonchev–Trinajstić information content (AvgIpc) is 2.47. The van der Waals surface area contributed by atoms with Gasteiger partial charge >= 0.3 is 6.03 Å². The van der Waals surface area contributed by atoms with Crippen molar-refractivity contribution in [3.8, 4) is 5.75 Å². The van der Waals surface area contributed by atoms with Crippen LogP contribution in [0.2, 0.25) is 0 Å². The predicted octanol–water partition coefficient (Wildman–Crippen LogP) is 3.31. The van der Waals surface area contributed by atoms with Crippen LogP contribution in [0.4, 0.5) is 16.2 Å². The molecule has 1 unspecified atom stereocenters. The zero-order valence-corrected chi connectivity index (χ0v) is 13.9. The normalized spacial score (nSPS) is 11.5. The SMILES string of the molecule is CCCC(C)N(C)C(=O)Nc1ccc(NC(C)=O)c(OC)c1. The molecule has 0 saturated carbocycles. The van der Waals surface area contributed by atoms with E-state index in [1.54, 1.807) is 30.1 Å². The summed E-state index contributed by atoms with van der Waals surface area (Å²) in [6.07, 6.45) is 1.98. The molecule has 1 aromatic rings. The van der Waals surface area contributed by atoms with E-state index in [1.807, 2.05) is 6.92 Å². The quantitative estimate of drug-likeness (QED) is 0.847. The molecule has 0 aromatic heterocycles. The number of ether oxygens (including phenoxy) is 1. The summed E-state index contributed by atoms with van der Waals surface area (Å²) in [5, 5.41) is 5.51. The van der Waals surface area contributed by atoms with Crippen molar-refractivity contribution in [1.82, 2.24) is 4.90 Å². The number of anilines is 2. The second kappa shape index (κ2) is 8.26. The van der Waals surface area contributed by atoms with Crippen molar-refractivity contribution in [3.05, 3.63) is 18.2 Å². The Morgan fingerprint density at radius 1 is 1.32 bits per heavy atom. The first kappa shape index (κ1) is 17.8. The first-order valence-electron chi connectivity index (χ1n) is 7.38. The molecular formula is C16H25N3O3. The fourth-order valence-electron chi connectivity index (χ4n) is 2.09. The monoisotopic (exact) mass is 307 g/mol. The summed E-state index contributed by atoms with van der Waals surface area (Å²) in [7, 11) is 3.29. The highest BCUT2D eigenvalue weighted by molar-refractivity contribution is 5.93. The minimum atomic E-state index is -0.178. The van der Waals surface area contributed by atoms with E-state index < -0.39 is 0 Å². The van der Waals surface area contributed by atoms with E-state index >= 15 is 0 Å². The number of nitrogens with zero attached hydrogens (tertiary/aromatic N) is 1. The number of rotatable bonds is 6. The summed E-state index contributed by atoms with van der Waals surface area (Å²) >= 11 is 0. The molecule has 1 aromatic carbocycles. The molecule has 0 aliphatic rings. The van der Waals surface area contributed by atoms with E-state index in [4.69, 9.17) is 4.74 Å². The zero-order chi connectivity index (χ0) is 16.7. The fourth-order valence-corrected chi connectivity index (χ4v) is 2.09. The Balaban J connectivity index is 2.81. The van der Waals surface area contributed by atoms with Gasteiger partial charge in [-0.3, -0.25) is 4.79 Å². The Morgan fingerprint density at radius 3 is 2.55 bits per heavy atom. The van der Waals surface area contributed by atoms with Gasteiger partial charge in [-0.15, -0.1) is 0 Å². The largest absolute Gasteiger partial charge is 0.494 e. The molecule has 3 amide bonds. The van der Waals surface area contributed by atoms with Gasteiger partial charge in [-0.05, 0) is 25.5 Å². The Morgan fingerprint density at radius 2 is 2.00 bits per heavy atom. The maximum Gasteiger partial charge on any atom is 0.321 e. The van der Waals surface area contributed by atoms with Crippen molar-refractivity contribution < 1.29 is 14.3 Å². The van der Waals surface area contributed by atoms with Crippen molar-refractivity contribution in [2.45, 2.75) is 39.7 Å². The first-order valence-corrected chi connectivity index (χ1v) is 7.38. The maximum absolute atomic E-state index is 12.2. The molecule has 0 spiro atoms. The number of hydrogen-bond acceptors (Lipinski definition) is 3. The third-order valence-electron chi connectivity index (χ3n) is 3.45. The molecule has 22 heavy (non-hydrogen) atoms. The molecule has 1 atom stereocenters. The van der Waals surface area contributed by atoms with Crippen LogP contribution >= 0.6 is 0 Å². The number of carbonyl (C=O) groups is 2. The Hall–Kier alpha value is -2.24. The van der Waals surface area contributed by atoms with E-state index in [1.165, 1.54) is 14.0 Å². The minimum Gasteiger partial charge on any atom is -0.494 e. The average molecular weight is 307 g/mol. The van der Waals surface area contributed by atoms with Crippen LogP contribution in [0.5, 0.6) is 5.75 Å². The number of amides is 3. The van der Waals surface area contributed by atoms with Crippen LogP contribution in [0.3, 0.4) is 0 Å². The summed E-state index contributed by atoms with van der Waals surface area (Å²) in [4.78, 5) is 25.0. The minimum absolute atomic E-state index is 0.171. The molecule has 0 aliphatic heterocycles. The van der Waals surface area contributed by atoms with Crippen molar-refractivity contribution in [2.24, 2.45) is 0 Å². The smallest absolute Gasteiger partial charge is 0.321 e. The fraction of sp³-hybridized carbons (Fsp3) is 0.500. The third kappa shape index (κ3) is 4.95. The van der Waals surface area contributed by atoms with Gasteiger partial charge in [0.05, 0.1) is 12.8 Å². The van der Waals surface area contributed by atoms with Gasteiger partial charge in [-0.2, -0.15) is 0 Å². The topological polar surface area (TPSA) is 70.7 Å². The van der Waals surface area contributed by atoms with Gasteiger partial charge in [-0.25, -0.2) is 4.79 Å². The zero-order valence-electron chi connectivity index (χ0n) is 13.9. The second-order valence-corrected chi connectivity index (χ2v) is 5.28. The van der Waals surface area contributed by atoms with Gasteiger partial charge in [0.1, 0.15) is 5.75 Å². The number of carbonyl (C=O) groups excluding carboxylic acids is 2. The second-order valence-electron chi connectivity index (χ2n) is 5.28. The predicted molar refractivity (Wildman–Crippen MR) is 88.4 cm³/mol. The first-order chi connectivity index (χ1) is 10.4. The molecule has 0 radical (unpaired) electrons. The van der Waals surface area contributed by atoms with E-state index in [9.17, 15) is 9.59 Å². The summed E-state index contributed by atoms with van der Waals surface area (Å²) in [5.41, 5.74) is 1.19. The molecule has 6 nitrogen and oxygen atoms in total. The highest BCUT2D eigenvalue weighted by atomic mass is 16.5. The van der Waals surface area contributed by atoms with Crippen LogP contribution in [-0.2, 0) is 4.79 Å². The number of methoxy groups -OCH3 is 1. The Kier molecular flexibility index (Phi) is 6.69. The lowest BCUT2D eigenvalue weighted by atomic mass is 10.2. The van der Waals surface area contributed by atoms with Gasteiger partial charge < -0.3 is 20.3 Å². The lowest BCUT2D eigenvalue weighted by molar-refractivity contribution is -0.114. The van der Waals surface area contributed by atoms with E-state index in [2.05, 4.69) is 17.6 Å². The van der Waals surface area contributed by atoms with Crippen molar-refractivity contribution in [2.75, 3.05) is 24.8 Å². The van der Waals surface area contributed by atoms with E-state index in [0.29, 0.717) is 17.1 Å². The molecular weight excluding hydrogens is 282 g/mol. The molecule has 0 heterocycles. The molecule has 0 fully saturated rings. The third-order valence-corrected chi connectivity index (χ3v) is 3.45. The lowest BCUT2D eigenvalue weighted by Gasteiger charge is -2.25. The molecule has 1 rings (SSSR count). The van der Waals surface area contributed by atoms with Crippen LogP contribution in [0.1, 0.15) is 33.6 Å². The van der Waals surface area contributed by atoms with Crippen LogP contribution in [-0.4, -0.2) is 37.0 Å². The number of urea groups is 1. The van der Waals surface area contributed by atoms with Crippen molar-refractivity contribution in [1.29, 1.82) is 0 Å². The van der Waals surface area contributed by atoms with Gasteiger partial charge in [0.15, 0.2) is 0 Å². The van der Waals surface area contributed by atoms with Gasteiger partial charge in [0.25, 0.3) is 0 Å². The summed E-state index contributed by atoms with van der Waals surface area (Å²) in [6.45, 7) is 5.54. The van der Waals surface area contributed by atoms with Crippen LogP contribution < -0.4 is 15.4 Å². The van der Waals surface area contributed by atoms with Crippen molar-refractivity contribution >= 4 is 23.3 Å². The van der Waals surface area contributed by atoms with Gasteiger partial charge in [0, 0.05) is 31.8 Å². The molecule has 122 valence electrons. The molecule has 0 saturated heterocycles.